The van der Waals surface area contributed by atoms with Crippen molar-refractivity contribution in [2.24, 2.45) is 0 Å². The molecule has 2 nitrogen and oxygen atoms in total. The van der Waals surface area contributed by atoms with Crippen LogP contribution in [0.3, 0.4) is 0 Å². The van der Waals surface area contributed by atoms with Crippen LogP contribution in [-0.4, -0.2) is 30.4 Å². The Labute approximate surface area is 115 Å². The smallest absolute Gasteiger partial charge is 0.117 e. The summed E-state index contributed by atoms with van der Waals surface area (Å²) < 4.78 is 0.895. The third kappa shape index (κ3) is 6.75. The average Bonchev–Trinajstić information content (AvgIpc) is 2.35. The number of nitrogens with zero attached hydrogens (tertiary/aromatic N) is 1. The molecular formula is C16H36NO+. The zero-order valence-electron chi connectivity index (χ0n) is 13.5. The van der Waals surface area contributed by atoms with Gasteiger partial charge in [0.1, 0.15) is 25.7 Å². The summed E-state index contributed by atoms with van der Waals surface area (Å²) in [5.41, 5.74) is 0. The summed E-state index contributed by atoms with van der Waals surface area (Å²) in [6.07, 6.45) is 9.03. The lowest BCUT2D eigenvalue weighted by Gasteiger charge is -2.38. The minimum atomic E-state index is 0.453. The molecule has 1 atom stereocenters. The molecule has 0 aromatic heterocycles. The van der Waals surface area contributed by atoms with E-state index in [0.717, 1.165) is 11.1 Å². The maximum absolute atomic E-state index is 6.55. The first-order valence-corrected chi connectivity index (χ1v) is 8.22. The molecule has 0 bridgehead atoms. The predicted octanol–water partition coefficient (Wildman–Crippen LogP) is 4.93. The van der Waals surface area contributed by atoms with Crippen LogP contribution < -0.4 is 0 Å². The molecule has 0 aromatic carbocycles. The molecule has 0 aliphatic carbocycles. The van der Waals surface area contributed by atoms with Crippen molar-refractivity contribution in [1.82, 2.24) is 0 Å². The molecule has 18 heavy (non-hydrogen) atoms. The normalized spacial score (nSPS) is 13.8. The zero-order valence-corrected chi connectivity index (χ0v) is 13.5. The van der Waals surface area contributed by atoms with Gasteiger partial charge in [-0.05, 0) is 32.1 Å². The molecule has 110 valence electrons. The number of hydrogen-bond donors (Lipinski definition) is 0. The van der Waals surface area contributed by atoms with Crippen molar-refractivity contribution in [2.45, 2.75) is 85.7 Å². The molecule has 0 aliphatic heterocycles. The second-order valence-corrected chi connectivity index (χ2v) is 5.51. The predicted molar refractivity (Wildman–Crippen MR) is 80.4 cm³/mol. The number of hydroxylamine groups is 3. The molecule has 0 heterocycles. The molecule has 2 heteroatoms. The Bertz CT molecular complexity index is 165. The first-order valence-electron chi connectivity index (χ1n) is 8.22. The Kier molecular flexibility index (Phi) is 10.8. The molecule has 0 saturated carbocycles. The SMILES string of the molecule is CCCCC(CC)O[N+](CCC)(CCC)CCC. The van der Waals surface area contributed by atoms with E-state index in [2.05, 4.69) is 34.6 Å². The van der Waals surface area contributed by atoms with Crippen LogP contribution in [0.15, 0.2) is 0 Å². The average molecular weight is 258 g/mol. The maximum Gasteiger partial charge on any atom is 0.117 e. The minimum absolute atomic E-state index is 0.453. The van der Waals surface area contributed by atoms with E-state index in [-0.39, 0.29) is 0 Å². The lowest BCUT2D eigenvalue weighted by Crippen LogP contribution is -2.51. The topological polar surface area (TPSA) is 9.23 Å². The van der Waals surface area contributed by atoms with Gasteiger partial charge in [-0.1, -0.05) is 47.5 Å². The van der Waals surface area contributed by atoms with Gasteiger partial charge >= 0.3 is 0 Å². The van der Waals surface area contributed by atoms with E-state index in [1.807, 2.05) is 0 Å². The van der Waals surface area contributed by atoms with Crippen molar-refractivity contribution in [1.29, 1.82) is 0 Å². The van der Waals surface area contributed by atoms with E-state index >= 15 is 0 Å². The first kappa shape index (κ1) is 17.9. The molecule has 0 N–H and O–H groups in total. The third-order valence-corrected chi connectivity index (χ3v) is 3.60. The van der Waals surface area contributed by atoms with Gasteiger partial charge in [0.2, 0.25) is 0 Å². The number of hydrogen-bond acceptors (Lipinski definition) is 1. The fraction of sp³-hybridized carbons (Fsp3) is 1.00. The first-order chi connectivity index (χ1) is 8.67. The van der Waals surface area contributed by atoms with Gasteiger partial charge in [0.15, 0.2) is 0 Å². The van der Waals surface area contributed by atoms with Crippen LogP contribution in [0.5, 0.6) is 0 Å². The number of quaternary nitrogens is 1. The largest absolute Gasteiger partial charge is 0.200 e. The van der Waals surface area contributed by atoms with Crippen molar-refractivity contribution in [3.05, 3.63) is 0 Å². The number of unbranched alkanes of at least 4 members (excludes halogenated alkanes) is 1. The highest BCUT2D eigenvalue weighted by molar-refractivity contribution is 4.53. The van der Waals surface area contributed by atoms with E-state index in [1.165, 1.54) is 58.2 Å². The van der Waals surface area contributed by atoms with Gasteiger partial charge in [-0.3, -0.25) is 0 Å². The van der Waals surface area contributed by atoms with Gasteiger partial charge in [0.25, 0.3) is 0 Å². The summed E-state index contributed by atoms with van der Waals surface area (Å²) >= 11 is 0. The fourth-order valence-corrected chi connectivity index (χ4v) is 2.80. The van der Waals surface area contributed by atoms with Crippen LogP contribution >= 0.6 is 0 Å². The molecule has 0 aromatic rings. The Morgan fingerprint density at radius 2 is 1.28 bits per heavy atom. The van der Waals surface area contributed by atoms with Crippen LogP contribution in [0.2, 0.25) is 0 Å². The molecule has 0 fully saturated rings. The molecule has 1 unspecified atom stereocenters. The van der Waals surface area contributed by atoms with E-state index in [0.29, 0.717) is 6.10 Å². The lowest BCUT2D eigenvalue weighted by atomic mass is 10.1. The van der Waals surface area contributed by atoms with Crippen molar-refractivity contribution in [3.8, 4) is 0 Å². The standard InChI is InChI=1S/C16H36NO/c1-6-11-12-16(10-5)18-17(13-7-2,14-8-3)15-9-4/h16H,6-15H2,1-5H3/q+1. The lowest BCUT2D eigenvalue weighted by molar-refractivity contribution is -1.11. The van der Waals surface area contributed by atoms with Gasteiger partial charge in [-0.2, -0.15) is 9.48 Å². The summed E-state index contributed by atoms with van der Waals surface area (Å²) in [7, 11) is 0. The van der Waals surface area contributed by atoms with Crippen LogP contribution in [0.4, 0.5) is 0 Å². The third-order valence-electron chi connectivity index (χ3n) is 3.60. The van der Waals surface area contributed by atoms with Gasteiger partial charge in [0, 0.05) is 0 Å². The van der Waals surface area contributed by atoms with Crippen molar-refractivity contribution < 1.29 is 9.48 Å². The molecule has 0 spiro atoms. The quantitative estimate of drug-likeness (QED) is 0.356. The van der Waals surface area contributed by atoms with Crippen molar-refractivity contribution >= 4 is 0 Å². The summed E-state index contributed by atoms with van der Waals surface area (Å²) in [6, 6.07) is 0. The van der Waals surface area contributed by atoms with Gasteiger partial charge in [0.05, 0.1) is 0 Å². The van der Waals surface area contributed by atoms with E-state index in [1.54, 1.807) is 0 Å². The highest BCUT2D eigenvalue weighted by Crippen LogP contribution is 2.20. The minimum Gasteiger partial charge on any atom is -0.200 e. The summed E-state index contributed by atoms with van der Waals surface area (Å²) in [6.45, 7) is 14.9. The highest BCUT2D eigenvalue weighted by atomic mass is 16.7. The van der Waals surface area contributed by atoms with Gasteiger partial charge < -0.3 is 0 Å². The Hall–Kier alpha value is -0.0800. The fourth-order valence-electron chi connectivity index (χ4n) is 2.80. The molecular weight excluding hydrogens is 222 g/mol. The molecule has 0 rings (SSSR count). The number of rotatable bonds is 12. The highest BCUT2D eigenvalue weighted by Gasteiger charge is 2.30. The van der Waals surface area contributed by atoms with E-state index in [4.69, 9.17) is 4.84 Å². The van der Waals surface area contributed by atoms with Crippen LogP contribution in [0, 0.1) is 0 Å². The van der Waals surface area contributed by atoms with Crippen molar-refractivity contribution in [3.63, 3.8) is 0 Å². The van der Waals surface area contributed by atoms with Crippen LogP contribution in [0.1, 0.15) is 79.6 Å². The molecule has 0 amide bonds. The molecule has 0 aliphatic rings. The Morgan fingerprint density at radius 1 is 0.778 bits per heavy atom. The zero-order chi connectivity index (χ0) is 13.9. The van der Waals surface area contributed by atoms with Crippen molar-refractivity contribution in [2.75, 3.05) is 19.6 Å². The summed E-state index contributed by atoms with van der Waals surface area (Å²) in [5, 5.41) is 0. The Balaban J connectivity index is 4.58. The van der Waals surface area contributed by atoms with E-state index < -0.39 is 0 Å². The maximum atomic E-state index is 6.55. The second-order valence-electron chi connectivity index (χ2n) is 5.51. The van der Waals surface area contributed by atoms with Gasteiger partial charge in [-0.25, -0.2) is 0 Å². The molecule has 0 radical (unpaired) electrons. The summed E-state index contributed by atoms with van der Waals surface area (Å²) in [4.78, 5) is 6.55. The summed E-state index contributed by atoms with van der Waals surface area (Å²) in [5.74, 6) is 0. The Morgan fingerprint density at radius 3 is 1.61 bits per heavy atom. The monoisotopic (exact) mass is 258 g/mol. The van der Waals surface area contributed by atoms with Crippen LogP contribution in [0.25, 0.3) is 0 Å². The molecule has 0 saturated heterocycles. The second kappa shape index (κ2) is 10.8. The van der Waals surface area contributed by atoms with E-state index in [9.17, 15) is 0 Å². The van der Waals surface area contributed by atoms with Gasteiger partial charge in [-0.15, -0.1) is 0 Å². The van der Waals surface area contributed by atoms with Crippen LogP contribution in [-0.2, 0) is 4.84 Å².